The first-order valence-electron chi connectivity index (χ1n) is 18.4. The summed E-state index contributed by atoms with van der Waals surface area (Å²) in [6.07, 6.45) is 2.45. The van der Waals surface area contributed by atoms with Crippen molar-refractivity contribution < 1.29 is 32.3 Å². The van der Waals surface area contributed by atoms with Crippen LogP contribution in [-0.4, -0.2) is 53.5 Å². The largest absolute Gasteiger partial charge is 0.491 e. The Balaban J connectivity index is 1.13. The molecule has 1 aliphatic carbocycles. The molecule has 54 heavy (non-hydrogen) atoms. The van der Waals surface area contributed by atoms with E-state index in [0.29, 0.717) is 49.9 Å². The van der Waals surface area contributed by atoms with E-state index in [2.05, 4.69) is 15.0 Å². The Kier molecular flexibility index (Phi) is 12.5. The molecule has 4 N–H and O–H groups in total. The van der Waals surface area contributed by atoms with E-state index in [1.54, 1.807) is 17.0 Å². The second-order valence-electron chi connectivity index (χ2n) is 14.1. The molecule has 1 heterocycles. The van der Waals surface area contributed by atoms with Crippen molar-refractivity contribution in [3.63, 3.8) is 0 Å². The van der Waals surface area contributed by atoms with E-state index in [0.717, 1.165) is 70.9 Å². The van der Waals surface area contributed by atoms with Crippen LogP contribution in [0.2, 0.25) is 0 Å². The summed E-state index contributed by atoms with van der Waals surface area (Å²) in [5.74, 6) is -1.59. The lowest BCUT2D eigenvalue weighted by molar-refractivity contribution is -0.189. The molecule has 0 aliphatic heterocycles. The van der Waals surface area contributed by atoms with Gasteiger partial charge in [0.15, 0.2) is 0 Å². The Morgan fingerprint density at radius 1 is 0.815 bits per heavy atom. The topological polar surface area (TPSA) is 118 Å². The van der Waals surface area contributed by atoms with Gasteiger partial charge in [-0.25, -0.2) is 4.79 Å². The number of rotatable bonds is 14. The molecule has 1 saturated carbocycles. The SMILES string of the molecule is NCC1CCC(CNC(=O)c2cccc(-c3cccc(CN(CCc4ccc(OC(=O)C(F)(F)F)cc4)C(=O)CCc4c[nH]c5ccccc45)c3)c2)CC1. The van der Waals surface area contributed by atoms with Crippen LogP contribution in [-0.2, 0) is 29.0 Å². The number of benzene rings is 4. The van der Waals surface area contributed by atoms with Gasteiger partial charge in [-0.15, -0.1) is 0 Å². The summed E-state index contributed by atoms with van der Waals surface area (Å²) in [7, 11) is 0. The molecule has 11 heteroatoms. The maximum absolute atomic E-state index is 13.9. The van der Waals surface area contributed by atoms with Gasteiger partial charge in [-0.2, -0.15) is 13.2 Å². The average molecular weight is 739 g/mol. The summed E-state index contributed by atoms with van der Waals surface area (Å²) >= 11 is 0. The molecule has 0 saturated heterocycles. The van der Waals surface area contributed by atoms with Crippen molar-refractivity contribution in [2.75, 3.05) is 19.6 Å². The smallest absolute Gasteiger partial charge is 0.420 e. The second kappa shape index (κ2) is 17.6. The maximum atomic E-state index is 13.9. The van der Waals surface area contributed by atoms with Gasteiger partial charge in [0.25, 0.3) is 5.91 Å². The van der Waals surface area contributed by atoms with Crippen LogP contribution in [0.3, 0.4) is 0 Å². The number of amides is 2. The first-order chi connectivity index (χ1) is 26.1. The summed E-state index contributed by atoms with van der Waals surface area (Å²) in [5.41, 5.74) is 11.9. The number of aromatic amines is 1. The molecule has 0 radical (unpaired) electrons. The van der Waals surface area contributed by atoms with E-state index < -0.39 is 12.1 Å². The number of H-pyrrole nitrogens is 1. The number of hydrogen-bond donors (Lipinski definition) is 3. The Morgan fingerprint density at radius 2 is 1.52 bits per heavy atom. The number of alkyl halides is 3. The average Bonchev–Trinajstić information content (AvgIpc) is 3.61. The predicted molar refractivity (Wildman–Crippen MR) is 203 cm³/mol. The van der Waals surface area contributed by atoms with Crippen molar-refractivity contribution in [1.82, 2.24) is 15.2 Å². The monoisotopic (exact) mass is 738 g/mol. The molecular weight excluding hydrogens is 693 g/mol. The number of aromatic nitrogens is 1. The fourth-order valence-corrected chi connectivity index (χ4v) is 7.10. The molecule has 1 fully saturated rings. The van der Waals surface area contributed by atoms with Gasteiger partial charge in [0.2, 0.25) is 5.91 Å². The van der Waals surface area contributed by atoms with E-state index in [9.17, 15) is 27.6 Å². The second-order valence-corrected chi connectivity index (χ2v) is 14.1. The number of halogens is 3. The number of carbonyl (C=O) groups excluding carboxylic acids is 3. The van der Waals surface area contributed by atoms with Crippen molar-refractivity contribution in [3.05, 3.63) is 126 Å². The summed E-state index contributed by atoms with van der Waals surface area (Å²) < 4.78 is 42.4. The van der Waals surface area contributed by atoms with Crippen LogP contribution < -0.4 is 15.8 Å². The van der Waals surface area contributed by atoms with E-state index >= 15 is 0 Å². The number of ether oxygens (including phenoxy) is 1. The molecule has 0 bridgehead atoms. The Morgan fingerprint density at radius 3 is 2.26 bits per heavy atom. The van der Waals surface area contributed by atoms with Gasteiger partial charge in [0.1, 0.15) is 5.75 Å². The lowest BCUT2D eigenvalue weighted by Gasteiger charge is -2.27. The maximum Gasteiger partial charge on any atom is 0.491 e. The van der Waals surface area contributed by atoms with E-state index in [1.807, 2.05) is 79.0 Å². The van der Waals surface area contributed by atoms with Crippen LogP contribution in [0.4, 0.5) is 13.2 Å². The van der Waals surface area contributed by atoms with Crippen molar-refractivity contribution in [2.45, 2.75) is 57.7 Å². The highest BCUT2D eigenvalue weighted by Gasteiger charge is 2.41. The highest BCUT2D eigenvalue weighted by Crippen LogP contribution is 2.28. The minimum Gasteiger partial charge on any atom is -0.420 e. The van der Waals surface area contributed by atoms with Crippen LogP contribution in [0.25, 0.3) is 22.0 Å². The van der Waals surface area contributed by atoms with Gasteiger partial charge in [0, 0.05) is 48.7 Å². The van der Waals surface area contributed by atoms with E-state index in [4.69, 9.17) is 5.73 Å². The summed E-state index contributed by atoms with van der Waals surface area (Å²) in [6.45, 7) is 2.05. The van der Waals surface area contributed by atoms with Gasteiger partial charge < -0.3 is 25.7 Å². The van der Waals surface area contributed by atoms with Gasteiger partial charge in [-0.05, 0) is 121 Å². The van der Waals surface area contributed by atoms with Crippen LogP contribution >= 0.6 is 0 Å². The molecule has 0 unspecified atom stereocenters. The van der Waals surface area contributed by atoms with Crippen LogP contribution in [0.15, 0.2) is 103 Å². The van der Waals surface area contributed by atoms with Gasteiger partial charge in [-0.3, -0.25) is 9.59 Å². The molecule has 1 aliphatic rings. The molecular formula is C43H45F3N4O4. The summed E-state index contributed by atoms with van der Waals surface area (Å²) in [6, 6.07) is 29.2. The third-order valence-electron chi connectivity index (χ3n) is 10.3. The fourth-order valence-electron chi connectivity index (χ4n) is 7.10. The van der Waals surface area contributed by atoms with Crippen molar-refractivity contribution in [2.24, 2.45) is 17.6 Å². The molecule has 6 rings (SSSR count). The Bertz CT molecular complexity index is 2050. The Hall–Kier alpha value is -5.42. The number of hydrogen-bond acceptors (Lipinski definition) is 5. The third-order valence-corrected chi connectivity index (χ3v) is 10.3. The number of aryl methyl sites for hydroxylation is 1. The number of nitrogens with two attached hydrogens (primary N) is 1. The van der Waals surface area contributed by atoms with Crippen LogP contribution in [0.5, 0.6) is 5.75 Å². The molecule has 0 spiro atoms. The number of nitrogens with one attached hydrogen (secondary N) is 2. The van der Waals surface area contributed by atoms with E-state index in [1.165, 1.54) is 12.1 Å². The molecule has 2 amide bonds. The first kappa shape index (κ1) is 38.3. The minimum absolute atomic E-state index is 0.0448. The van der Waals surface area contributed by atoms with Gasteiger partial charge >= 0.3 is 12.1 Å². The standard InChI is InChI=1S/C43H45F3N4O4/c44-43(45,46)42(53)54-37-18-15-29(16-19-37)21-22-50(40(51)20-17-36-27-48-39-10-2-1-9-38(36)39)28-32-5-3-6-33(23-32)34-7-4-8-35(24-34)41(52)49-26-31-13-11-30(25-47)12-14-31/h1-10,15-16,18-19,23-24,27,30-31,48H,11-14,17,20-22,25-26,28,47H2,(H,49,52). The number of esters is 1. The van der Waals surface area contributed by atoms with Crippen LogP contribution in [0.1, 0.15) is 59.2 Å². The predicted octanol–water partition coefficient (Wildman–Crippen LogP) is 8.00. The summed E-state index contributed by atoms with van der Waals surface area (Å²) in [5, 5.41) is 4.19. The zero-order valence-corrected chi connectivity index (χ0v) is 30.0. The molecule has 5 aromatic rings. The third kappa shape index (κ3) is 10.2. The van der Waals surface area contributed by atoms with Crippen molar-refractivity contribution in [1.29, 1.82) is 0 Å². The number of fused-ring (bicyclic) bond motifs is 1. The van der Waals surface area contributed by atoms with E-state index in [-0.39, 0.29) is 24.0 Å². The number of carbonyl (C=O) groups is 3. The summed E-state index contributed by atoms with van der Waals surface area (Å²) in [4.78, 5) is 43.3. The molecule has 8 nitrogen and oxygen atoms in total. The van der Waals surface area contributed by atoms with Gasteiger partial charge in [0.05, 0.1) is 0 Å². The first-order valence-corrected chi connectivity index (χ1v) is 18.4. The number of para-hydroxylation sites is 1. The lowest BCUT2D eigenvalue weighted by atomic mass is 9.82. The zero-order valence-electron chi connectivity index (χ0n) is 30.0. The molecule has 282 valence electrons. The fraction of sp³-hybridized carbons (Fsp3) is 0.326. The van der Waals surface area contributed by atoms with Crippen molar-refractivity contribution in [3.8, 4) is 16.9 Å². The minimum atomic E-state index is -5.09. The van der Waals surface area contributed by atoms with Gasteiger partial charge in [-0.1, -0.05) is 60.7 Å². The highest BCUT2D eigenvalue weighted by atomic mass is 19.4. The highest BCUT2D eigenvalue weighted by molar-refractivity contribution is 5.95. The van der Waals surface area contributed by atoms with Crippen LogP contribution in [0, 0.1) is 11.8 Å². The normalized spacial score (nSPS) is 15.9. The molecule has 4 aromatic carbocycles. The zero-order chi connectivity index (χ0) is 38.1. The van der Waals surface area contributed by atoms with Crippen molar-refractivity contribution >= 4 is 28.7 Å². The number of nitrogens with zero attached hydrogens (tertiary/aromatic N) is 1. The quantitative estimate of drug-likeness (QED) is 0.0789. The lowest BCUT2D eigenvalue weighted by Crippen LogP contribution is -2.32. The molecule has 0 atom stereocenters. The Labute approximate surface area is 312 Å². The molecule has 1 aromatic heterocycles.